The first kappa shape index (κ1) is 16.4. The van der Waals surface area contributed by atoms with Crippen molar-refractivity contribution in [3.05, 3.63) is 65.2 Å². The second-order valence-corrected chi connectivity index (χ2v) is 4.89. The summed E-state index contributed by atoms with van der Waals surface area (Å²) in [5.74, 6) is -0.735. The Balaban J connectivity index is 2.05. The molecule has 118 valence electrons. The Morgan fingerprint density at radius 2 is 1.39 bits per heavy atom. The number of carbonyl (C=O) groups excluding carboxylic acids is 3. The van der Waals surface area contributed by atoms with Crippen LogP contribution in [0.4, 0.5) is 5.69 Å². The monoisotopic (exact) mass is 311 g/mol. The summed E-state index contributed by atoms with van der Waals surface area (Å²) in [6.45, 7) is 3.53. The summed E-state index contributed by atoms with van der Waals surface area (Å²) in [5.41, 5.74) is 2.00. The summed E-state index contributed by atoms with van der Waals surface area (Å²) in [6, 6.07) is 12.9. The molecule has 0 bridgehead atoms. The van der Waals surface area contributed by atoms with Gasteiger partial charge >= 0.3 is 5.97 Å². The predicted molar refractivity (Wildman–Crippen MR) is 86.8 cm³/mol. The lowest BCUT2D eigenvalue weighted by molar-refractivity contribution is 0.0526. The van der Waals surface area contributed by atoms with E-state index in [2.05, 4.69) is 5.32 Å². The standard InChI is InChI=1S/C18H17NO4/c1-3-23-18(22)15-8-10-16(11-9-15)19-17(21)14-6-4-13(5-7-14)12(2)20/h4-11H,3H2,1-2H3,(H,19,21). The summed E-state index contributed by atoms with van der Waals surface area (Å²) in [4.78, 5) is 34.9. The molecule has 5 heteroatoms. The van der Waals surface area contributed by atoms with E-state index in [4.69, 9.17) is 4.74 Å². The number of hydrogen-bond donors (Lipinski definition) is 1. The minimum atomic E-state index is -0.398. The van der Waals surface area contributed by atoms with E-state index < -0.39 is 5.97 Å². The molecule has 0 radical (unpaired) electrons. The molecule has 0 aromatic heterocycles. The molecule has 0 aliphatic rings. The molecule has 0 aliphatic carbocycles. The van der Waals surface area contributed by atoms with E-state index in [0.29, 0.717) is 29.0 Å². The molecule has 0 fully saturated rings. The van der Waals surface area contributed by atoms with Crippen LogP contribution >= 0.6 is 0 Å². The van der Waals surface area contributed by atoms with Gasteiger partial charge in [0.25, 0.3) is 5.91 Å². The fourth-order valence-electron chi connectivity index (χ4n) is 1.96. The Morgan fingerprint density at radius 3 is 1.91 bits per heavy atom. The highest BCUT2D eigenvalue weighted by atomic mass is 16.5. The third-order valence-electron chi connectivity index (χ3n) is 3.21. The van der Waals surface area contributed by atoms with Gasteiger partial charge < -0.3 is 10.1 Å². The zero-order chi connectivity index (χ0) is 16.8. The van der Waals surface area contributed by atoms with Gasteiger partial charge in [0.15, 0.2) is 5.78 Å². The van der Waals surface area contributed by atoms with Crippen LogP contribution in [0.2, 0.25) is 0 Å². The third-order valence-corrected chi connectivity index (χ3v) is 3.21. The number of nitrogens with one attached hydrogen (secondary N) is 1. The number of esters is 1. The summed E-state index contributed by atoms with van der Waals surface area (Å²) < 4.78 is 4.89. The van der Waals surface area contributed by atoms with E-state index in [1.807, 2.05) is 0 Å². The normalized spacial score (nSPS) is 10.0. The quantitative estimate of drug-likeness (QED) is 0.679. The van der Waals surface area contributed by atoms with Crippen LogP contribution in [0.25, 0.3) is 0 Å². The lowest BCUT2D eigenvalue weighted by Gasteiger charge is -2.07. The van der Waals surface area contributed by atoms with Gasteiger partial charge in [0, 0.05) is 16.8 Å². The number of hydrogen-bond acceptors (Lipinski definition) is 4. The second kappa shape index (κ2) is 7.35. The molecule has 0 heterocycles. The van der Waals surface area contributed by atoms with Crippen molar-refractivity contribution >= 4 is 23.3 Å². The highest BCUT2D eigenvalue weighted by Crippen LogP contribution is 2.13. The van der Waals surface area contributed by atoms with Gasteiger partial charge in [0.1, 0.15) is 0 Å². The third kappa shape index (κ3) is 4.26. The number of benzene rings is 2. The highest BCUT2D eigenvalue weighted by Gasteiger charge is 2.09. The van der Waals surface area contributed by atoms with Crippen LogP contribution < -0.4 is 5.32 Å². The largest absolute Gasteiger partial charge is 0.462 e. The predicted octanol–water partition coefficient (Wildman–Crippen LogP) is 3.32. The molecule has 1 N–H and O–H groups in total. The summed E-state index contributed by atoms with van der Waals surface area (Å²) >= 11 is 0. The number of rotatable bonds is 5. The van der Waals surface area contributed by atoms with Crippen molar-refractivity contribution < 1.29 is 19.1 Å². The molecule has 0 saturated carbocycles. The van der Waals surface area contributed by atoms with Crippen LogP contribution in [0.1, 0.15) is 44.9 Å². The molecule has 2 aromatic carbocycles. The molecular weight excluding hydrogens is 294 g/mol. The van der Waals surface area contributed by atoms with Crippen molar-refractivity contribution in [3.63, 3.8) is 0 Å². The van der Waals surface area contributed by atoms with Crippen molar-refractivity contribution in [1.29, 1.82) is 0 Å². The smallest absolute Gasteiger partial charge is 0.338 e. The molecular formula is C18H17NO4. The van der Waals surface area contributed by atoms with E-state index in [1.54, 1.807) is 55.5 Å². The van der Waals surface area contributed by atoms with Crippen LogP contribution in [0.15, 0.2) is 48.5 Å². The molecule has 5 nitrogen and oxygen atoms in total. The maximum atomic E-state index is 12.1. The van der Waals surface area contributed by atoms with Gasteiger partial charge in [-0.1, -0.05) is 12.1 Å². The first-order valence-electron chi connectivity index (χ1n) is 7.21. The molecule has 0 atom stereocenters. The maximum absolute atomic E-state index is 12.1. The zero-order valence-corrected chi connectivity index (χ0v) is 13.0. The Kier molecular flexibility index (Phi) is 5.25. The SMILES string of the molecule is CCOC(=O)c1ccc(NC(=O)c2ccc(C(C)=O)cc2)cc1. The van der Waals surface area contributed by atoms with E-state index in [0.717, 1.165) is 0 Å². The van der Waals surface area contributed by atoms with Gasteiger partial charge in [0.05, 0.1) is 12.2 Å². The van der Waals surface area contributed by atoms with E-state index in [-0.39, 0.29) is 11.7 Å². The van der Waals surface area contributed by atoms with Crippen molar-refractivity contribution in [2.75, 3.05) is 11.9 Å². The minimum absolute atomic E-state index is 0.0495. The minimum Gasteiger partial charge on any atom is -0.462 e. The highest BCUT2D eigenvalue weighted by molar-refractivity contribution is 6.05. The van der Waals surface area contributed by atoms with Gasteiger partial charge in [-0.2, -0.15) is 0 Å². The molecule has 0 saturated heterocycles. The fourth-order valence-corrected chi connectivity index (χ4v) is 1.96. The summed E-state index contributed by atoms with van der Waals surface area (Å²) in [6.07, 6.45) is 0. The van der Waals surface area contributed by atoms with Crippen molar-refractivity contribution in [2.45, 2.75) is 13.8 Å². The number of carbonyl (C=O) groups is 3. The van der Waals surface area contributed by atoms with Gasteiger partial charge in [-0.05, 0) is 50.2 Å². The molecule has 0 unspecified atom stereocenters. The van der Waals surface area contributed by atoms with Crippen LogP contribution in [-0.4, -0.2) is 24.3 Å². The van der Waals surface area contributed by atoms with Crippen LogP contribution in [0.3, 0.4) is 0 Å². The number of Topliss-reactive ketones (excluding diaryl/α,β-unsaturated/α-hetero) is 1. The van der Waals surface area contributed by atoms with Crippen molar-refractivity contribution in [1.82, 2.24) is 0 Å². The van der Waals surface area contributed by atoms with Crippen molar-refractivity contribution in [3.8, 4) is 0 Å². The molecule has 2 aromatic rings. The molecule has 2 rings (SSSR count). The van der Waals surface area contributed by atoms with Crippen LogP contribution in [-0.2, 0) is 4.74 Å². The molecule has 23 heavy (non-hydrogen) atoms. The van der Waals surface area contributed by atoms with Gasteiger partial charge in [0.2, 0.25) is 0 Å². The topological polar surface area (TPSA) is 72.5 Å². The van der Waals surface area contributed by atoms with E-state index in [9.17, 15) is 14.4 Å². The number of amides is 1. The van der Waals surface area contributed by atoms with Crippen LogP contribution in [0, 0.1) is 0 Å². The average Bonchev–Trinajstić information content (AvgIpc) is 2.55. The zero-order valence-electron chi connectivity index (χ0n) is 13.0. The van der Waals surface area contributed by atoms with E-state index >= 15 is 0 Å². The molecule has 0 aliphatic heterocycles. The number of ketones is 1. The van der Waals surface area contributed by atoms with Gasteiger partial charge in [-0.3, -0.25) is 9.59 Å². The second-order valence-electron chi connectivity index (χ2n) is 4.89. The van der Waals surface area contributed by atoms with E-state index in [1.165, 1.54) is 6.92 Å². The van der Waals surface area contributed by atoms with Crippen LogP contribution in [0.5, 0.6) is 0 Å². The lowest BCUT2D eigenvalue weighted by atomic mass is 10.1. The van der Waals surface area contributed by atoms with Crippen molar-refractivity contribution in [2.24, 2.45) is 0 Å². The Labute approximate surface area is 134 Å². The van der Waals surface area contributed by atoms with Gasteiger partial charge in [-0.15, -0.1) is 0 Å². The average molecular weight is 311 g/mol. The Hall–Kier alpha value is -2.95. The number of anilines is 1. The first-order chi connectivity index (χ1) is 11.0. The fraction of sp³-hybridized carbons (Fsp3) is 0.167. The molecule has 0 spiro atoms. The molecule has 1 amide bonds. The Bertz CT molecular complexity index is 718. The number of ether oxygens (including phenoxy) is 1. The first-order valence-corrected chi connectivity index (χ1v) is 7.21. The maximum Gasteiger partial charge on any atom is 0.338 e. The lowest BCUT2D eigenvalue weighted by Crippen LogP contribution is -2.12. The van der Waals surface area contributed by atoms with Gasteiger partial charge in [-0.25, -0.2) is 4.79 Å². The summed E-state index contributed by atoms with van der Waals surface area (Å²) in [5, 5.41) is 2.73. The Morgan fingerprint density at radius 1 is 0.870 bits per heavy atom. The summed E-state index contributed by atoms with van der Waals surface area (Å²) in [7, 11) is 0.